The number of carboxylic acid groups (broad SMARTS) is 1. The molecule has 1 amide bonds. The van der Waals surface area contributed by atoms with Crippen molar-refractivity contribution >= 4 is 28.4 Å². The first-order valence-electron chi connectivity index (χ1n) is 6.22. The molecule has 21 heavy (non-hydrogen) atoms. The van der Waals surface area contributed by atoms with Gasteiger partial charge in [-0.3, -0.25) is 14.8 Å². The standard InChI is InChI=1S/C12H15N5O3S/c1-5(2)8-13-9(15-14-8)10(18)17(4)11-7(12(19)20)6(3)16-21-11/h5H,1-4H3,(H,19,20)(H,13,14,15). The smallest absolute Gasteiger partial charge is 0.340 e. The Labute approximate surface area is 125 Å². The number of carbonyl (C=O) groups is 2. The number of carbonyl (C=O) groups excluding carboxylic acids is 1. The summed E-state index contributed by atoms with van der Waals surface area (Å²) < 4.78 is 3.99. The van der Waals surface area contributed by atoms with Crippen LogP contribution in [0.4, 0.5) is 5.00 Å². The molecule has 9 heteroatoms. The summed E-state index contributed by atoms with van der Waals surface area (Å²) in [5, 5.41) is 16.0. The fourth-order valence-electron chi connectivity index (χ4n) is 1.70. The maximum atomic E-state index is 12.3. The molecule has 112 valence electrons. The second kappa shape index (κ2) is 5.60. The molecule has 0 unspecified atom stereocenters. The van der Waals surface area contributed by atoms with Gasteiger partial charge in [0.1, 0.15) is 16.4 Å². The molecule has 0 spiro atoms. The van der Waals surface area contributed by atoms with E-state index in [0.29, 0.717) is 11.5 Å². The van der Waals surface area contributed by atoms with Crippen molar-refractivity contribution in [3.63, 3.8) is 0 Å². The van der Waals surface area contributed by atoms with Gasteiger partial charge in [-0.2, -0.15) is 4.37 Å². The molecule has 2 rings (SSSR count). The molecular formula is C12H15N5O3S. The molecule has 0 saturated heterocycles. The number of amides is 1. The largest absolute Gasteiger partial charge is 0.478 e. The highest BCUT2D eigenvalue weighted by molar-refractivity contribution is 7.11. The minimum Gasteiger partial charge on any atom is -0.478 e. The van der Waals surface area contributed by atoms with Crippen LogP contribution in [0.1, 0.15) is 52.3 Å². The number of aromatic amines is 1. The van der Waals surface area contributed by atoms with Gasteiger partial charge in [-0.25, -0.2) is 9.78 Å². The highest BCUT2D eigenvalue weighted by atomic mass is 32.1. The quantitative estimate of drug-likeness (QED) is 0.888. The number of anilines is 1. The lowest BCUT2D eigenvalue weighted by Crippen LogP contribution is -2.28. The van der Waals surface area contributed by atoms with Gasteiger partial charge in [-0.1, -0.05) is 13.8 Å². The summed E-state index contributed by atoms with van der Waals surface area (Å²) >= 11 is 0.957. The van der Waals surface area contributed by atoms with E-state index < -0.39 is 11.9 Å². The molecule has 2 heterocycles. The zero-order valence-electron chi connectivity index (χ0n) is 12.0. The van der Waals surface area contributed by atoms with Crippen molar-refractivity contribution in [2.75, 3.05) is 11.9 Å². The Balaban J connectivity index is 2.33. The van der Waals surface area contributed by atoms with Crippen molar-refractivity contribution < 1.29 is 14.7 Å². The lowest BCUT2D eigenvalue weighted by molar-refractivity contribution is 0.0697. The Kier molecular flexibility index (Phi) is 4.03. The third kappa shape index (κ3) is 2.77. The van der Waals surface area contributed by atoms with Crippen molar-refractivity contribution in [2.45, 2.75) is 26.7 Å². The summed E-state index contributed by atoms with van der Waals surface area (Å²) in [6.07, 6.45) is 0. The predicted octanol–water partition coefficient (Wildman–Crippen LogP) is 1.67. The fourth-order valence-corrected chi connectivity index (χ4v) is 2.55. The number of rotatable bonds is 4. The van der Waals surface area contributed by atoms with E-state index in [1.165, 1.54) is 11.9 Å². The molecule has 0 bridgehead atoms. The number of hydrogen-bond acceptors (Lipinski definition) is 6. The van der Waals surface area contributed by atoms with Gasteiger partial charge in [-0.15, -0.1) is 5.10 Å². The minimum absolute atomic E-state index is 0.00333. The zero-order valence-corrected chi connectivity index (χ0v) is 12.9. The van der Waals surface area contributed by atoms with Crippen molar-refractivity contribution in [3.8, 4) is 0 Å². The van der Waals surface area contributed by atoms with E-state index in [-0.39, 0.29) is 22.3 Å². The monoisotopic (exact) mass is 309 g/mol. The van der Waals surface area contributed by atoms with Crippen molar-refractivity contribution in [2.24, 2.45) is 0 Å². The van der Waals surface area contributed by atoms with E-state index in [9.17, 15) is 14.7 Å². The van der Waals surface area contributed by atoms with Gasteiger partial charge in [0, 0.05) is 13.0 Å². The van der Waals surface area contributed by atoms with Crippen molar-refractivity contribution in [1.82, 2.24) is 19.6 Å². The van der Waals surface area contributed by atoms with Crippen LogP contribution in [0.15, 0.2) is 0 Å². The number of carboxylic acids is 1. The zero-order chi connectivity index (χ0) is 15.7. The predicted molar refractivity (Wildman–Crippen MR) is 77.0 cm³/mol. The highest BCUT2D eigenvalue weighted by Gasteiger charge is 2.26. The molecule has 0 radical (unpaired) electrons. The van der Waals surface area contributed by atoms with Gasteiger partial charge in [0.2, 0.25) is 5.82 Å². The topological polar surface area (TPSA) is 112 Å². The number of aromatic carboxylic acids is 1. The molecule has 0 aliphatic carbocycles. The van der Waals surface area contributed by atoms with Crippen LogP contribution >= 0.6 is 11.5 Å². The first-order chi connectivity index (χ1) is 9.82. The summed E-state index contributed by atoms with van der Waals surface area (Å²) in [6, 6.07) is 0. The molecule has 0 fully saturated rings. The van der Waals surface area contributed by atoms with E-state index in [1.807, 2.05) is 13.8 Å². The molecule has 0 atom stereocenters. The van der Waals surface area contributed by atoms with Gasteiger partial charge in [0.15, 0.2) is 0 Å². The van der Waals surface area contributed by atoms with Gasteiger partial charge < -0.3 is 5.11 Å². The van der Waals surface area contributed by atoms with Gasteiger partial charge in [0.05, 0.1) is 5.69 Å². The molecule has 0 aliphatic heterocycles. The average molecular weight is 309 g/mol. The summed E-state index contributed by atoms with van der Waals surface area (Å²) in [7, 11) is 1.48. The minimum atomic E-state index is -1.12. The van der Waals surface area contributed by atoms with Crippen LogP contribution in [-0.4, -0.2) is 43.6 Å². The van der Waals surface area contributed by atoms with E-state index in [4.69, 9.17) is 0 Å². The first-order valence-corrected chi connectivity index (χ1v) is 7.00. The number of hydrogen-bond donors (Lipinski definition) is 2. The van der Waals surface area contributed by atoms with Crippen LogP contribution in [-0.2, 0) is 0 Å². The lowest BCUT2D eigenvalue weighted by Gasteiger charge is -2.13. The Bertz CT molecular complexity index is 691. The van der Waals surface area contributed by atoms with E-state index >= 15 is 0 Å². The number of H-pyrrole nitrogens is 1. The van der Waals surface area contributed by atoms with Crippen molar-refractivity contribution in [3.05, 3.63) is 22.9 Å². The average Bonchev–Trinajstić information content (AvgIpc) is 3.03. The molecule has 2 aromatic rings. The van der Waals surface area contributed by atoms with Crippen LogP contribution in [0.25, 0.3) is 0 Å². The normalized spacial score (nSPS) is 10.9. The van der Waals surface area contributed by atoms with Crippen LogP contribution in [0.5, 0.6) is 0 Å². The third-order valence-corrected chi connectivity index (χ3v) is 3.92. The number of aromatic nitrogens is 4. The second-order valence-electron chi connectivity index (χ2n) is 4.82. The van der Waals surface area contributed by atoms with Crippen molar-refractivity contribution in [1.29, 1.82) is 0 Å². The van der Waals surface area contributed by atoms with E-state index in [2.05, 4.69) is 19.6 Å². The Hall–Kier alpha value is -2.29. The fraction of sp³-hybridized carbons (Fsp3) is 0.417. The summed E-state index contributed by atoms with van der Waals surface area (Å²) in [6.45, 7) is 5.44. The maximum Gasteiger partial charge on any atom is 0.340 e. The number of nitrogens with zero attached hydrogens (tertiary/aromatic N) is 4. The summed E-state index contributed by atoms with van der Waals surface area (Å²) in [5.41, 5.74) is 0.399. The van der Waals surface area contributed by atoms with E-state index in [1.54, 1.807) is 6.92 Å². The van der Waals surface area contributed by atoms with Crippen LogP contribution in [0, 0.1) is 6.92 Å². The lowest BCUT2D eigenvalue weighted by atomic mass is 10.2. The second-order valence-corrected chi connectivity index (χ2v) is 5.57. The highest BCUT2D eigenvalue weighted by Crippen LogP contribution is 2.28. The Morgan fingerprint density at radius 2 is 2.05 bits per heavy atom. The molecule has 2 aromatic heterocycles. The summed E-state index contributed by atoms with van der Waals surface area (Å²) in [4.78, 5) is 28.9. The molecule has 8 nitrogen and oxygen atoms in total. The Morgan fingerprint density at radius 1 is 1.38 bits per heavy atom. The van der Waals surface area contributed by atoms with Gasteiger partial charge >= 0.3 is 5.97 Å². The molecule has 2 N–H and O–H groups in total. The first kappa shape index (κ1) is 15.1. The molecule has 0 aliphatic rings. The van der Waals surface area contributed by atoms with Gasteiger partial charge in [-0.05, 0) is 18.5 Å². The van der Waals surface area contributed by atoms with E-state index in [0.717, 1.165) is 11.5 Å². The SMILES string of the molecule is Cc1nsc(N(C)C(=O)c2n[nH]c(C(C)C)n2)c1C(=O)O. The van der Waals surface area contributed by atoms with Crippen LogP contribution < -0.4 is 4.90 Å². The molecule has 0 aromatic carbocycles. The van der Waals surface area contributed by atoms with Crippen LogP contribution in [0.2, 0.25) is 0 Å². The molecule has 0 saturated carbocycles. The summed E-state index contributed by atoms with van der Waals surface area (Å²) in [5.74, 6) is -0.878. The van der Waals surface area contributed by atoms with Gasteiger partial charge in [0.25, 0.3) is 5.91 Å². The number of nitrogens with one attached hydrogen (secondary N) is 1. The molecular weight excluding hydrogens is 294 g/mol. The number of aryl methyl sites for hydroxylation is 1. The maximum absolute atomic E-state index is 12.3. The Morgan fingerprint density at radius 3 is 2.57 bits per heavy atom. The van der Waals surface area contributed by atoms with Crippen LogP contribution in [0.3, 0.4) is 0 Å². The third-order valence-electron chi connectivity index (χ3n) is 2.91.